The molecule has 63 heavy (non-hydrogen) atoms. The van der Waals surface area contributed by atoms with Crippen LogP contribution in [0.15, 0.2) is 60.8 Å². The van der Waals surface area contributed by atoms with Gasteiger partial charge in [0.15, 0.2) is 0 Å². The molecule has 0 fully saturated rings. The second-order valence-corrected chi connectivity index (χ2v) is 20.3. The van der Waals surface area contributed by atoms with Gasteiger partial charge >= 0.3 is 0 Å². The first-order valence-electron chi connectivity index (χ1n) is 26.1. The van der Waals surface area contributed by atoms with Crippen molar-refractivity contribution in [3.05, 3.63) is 60.8 Å². The topological polar surface area (TPSA) is 108 Å². The lowest BCUT2D eigenvalue weighted by Gasteiger charge is -2.30. The molecule has 0 aliphatic heterocycles. The van der Waals surface area contributed by atoms with E-state index in [4.69, 9.17) is 9.05 Å². The maximum atomic E-state index is 12.8. The summed E-state index contributed by atoms with van der Waals surface area (Å²) in [4.78, 5) is 25.2. The van der Waals surface area contributed by atoms with E-state index in [9.17, 15) is 19.4 Å². The second kappa shape index (κ2) is 45.4. The van der Waals surface area contributed by atoms with Crippen LogP contribution in [-0.2, 0) is 18.4 Å². The van der Waals surface area contributed by atoms with Crippen LogP contribution in [0.2, 0.25) is 0 Å². The van der Waals surface area contributed by atoms with Crippen molar-refractivity contribution in [1.82, 2.24) is 5.32 Å². The van der Waals surface area contributed by atoms with Crippen molar-refractivity contribution in [1.29, 1.82) is 0 Å². The normalized spacial score (nSPS) is 14.6. The van der Waals surface area contributed by atoms with Gasteiger partial charge in [-0.2, -0.15) is 0 Å². The Hall–Kier alpha value is -1.80. The first-order valence-corrected chi connectivity index (χ1v) is 27.6. The van der Waals surface area contributed by atoms with Gasteiger partial charge in [0.25, 0.3) is 7.82 Å². The molecular weight excluding hydrogens is 804 g/mol. The highest BCUT2D eigenvalue weighted by atomic mass is 31.2. The van der Waals surface area contributed by atoms with Gasteiger partial charge in [-0.1, -0.05) is 222 Å². The lowest BCUT2D eigenvalue weighted by Crippen LogP contribution is -2.46. The van der Waals surface area contributed by atoms with E-state index < -0.39 is 20.0 Å². The largest absolute Gasteiger partial charge is 0.756 e. The summed E-state index contributed by atoms with van der Waals surface area (Å²) in [5, 5.41) is 13.8. The third kappa shape index (κ3) is 48.0. The number of unbranched alkanes of at least 4 members (excludes halogenated alkanes) is 24. The van der Waals surface area contributed by atoms with E-state index in [2.05, 4.69) is 79.9 Å². The van der Waals surface area contributed by atoms with Crippen molar-refractivity contribution in [3.63, 3.8) is 0 Å². The summed E-state index contributed by atoms with van der Waals surface area (Å²) in [6.07, 6.45) is 60.1. The van der Waals surface area contributed by atoms with Crippen LogP contribution >= 0.6 is 7.82 Å². The van der Waals surface area contributed by atoms with Gasteiger partial charge in [-0.05, 0) is 57.8 Å². The van der Waals surface area contributed by atoms with Crippen molar-refractivity contribution in [2.75, 3.05) is 40.9 Å². The summed E-state index contributed by atoms with van der Waals surface area (Å²) in [5.41, 5.74) is 0. The Morgan fingerprint density at radius 2 is 0.968 bits per heavy atom. The molecule has 0 saturated heterocycles. The van der Waals surface area contributed by atoms with E-state index >= 15 is 0 Å². The predicted octanol–water partition coefficient (Wildman–Crippen LogP) is 14.7. The van der Waals surface area contributed by atoms with Crippen LogP contribution < -0.4 is 10.2 Å². The van der Waals surface area contributed by atoms with Gasteiger partial charge in [0.05, 0.1) is 39.9 Å². The van der Waals surface area contributed by atoms with Gasteiger partial charge in [0.2, 0.25) is 5.91 Å². The van der Waals surface area contributed by atoms with Crippen molar-refractivity contribution in [2.45, 2.75) is 238 Å². The van der Waals surface area contributed by atoms with Crippen LogP contribution in [0.3, 0.4) is 0 Å². The molecule has 0 rings (SSSR count). The lowest BCUT2D eigenvalue weighted by atomic mass is 10.0. The van der Waals surface area contributed by atoms with Gasteiger partial charge in [0, 0.05) is 6.42 Å². The number of phosphoric acid groups is 1. The van der Waals surface area contributed by atoms with Crippen LogP contribution in [0.25, 0.3) is 0 Å². The number of phosphoric ester groups is 1. The minimum atomic E-state index is -4.55. The molecule has 1 amide bonds. The second-order valence-electron chi connectivity index (χ2n) is 18.9. The van der Waals surface area contributed by atoms with E-state index in [1.165, 1.54) is 128 Å². The van der Waals surface area contributed by atoms with E-state index in [0.717, 1.165) is 70.6 Å². The summed E-state index contributed by atoms with van der Waals surface area (Å²) in [6, 6.07) is -0.797. The molecule has 0 aromatic rings. The Morgan fingerprint density at radius 1 is 0.571 bits per heavy atom. The molecule has 368 valence electrons. The quantitative estimate of drug-likeness (QED) is 0.0273. The number of likely N-dealkylation sites (N-methyl/N-ethyl adjacent to an activating group) is 1. The van der Waals surface area contributed by atoms with Crippen molar-refractivity contribution >= 4 is 13.7 Å². The molecule has 3 unspecified atom stereocenters. The number of hydrogen-bond acceptors (Lipinski definition) is 6. The Balaban J connectivity index is 3.82. The third-order valence-electron chi connectivity index (χ3n) is 11.5. The molecule has 0 spiro atoms. The zero-order valence-electron chi connectivity index (χ0n) is 41.8. The summed E-state index contributed by atoms with van der Waals surface area (Å²) >= 11 is 0. The van der Waals surface area contributed by atoms with E-state index in [-0.39, 0.29) is 19.1 Å². The van der Waals surface area contributed by atoms with E-state index in [1.807, 2.05) is 21.1 Å². The van der Waals surface area contributed by atoms with Crippen LogP contribution in [0.5, 0.6) is 0 Å². The maximum Gasteiger partial charge on any atom is 0.268 e. The molecule has 0 saturated carbocycles. The molecule has 9 heteroatoms. The molecule has 0 aromatic carbocycles. The Labute approximate surface area is 390 Å². The minimum absolute atomic E-state index is 0.0113. The van der Waals surface area contributed by atoms with Crippen LogP contribution in [0.4, 0.5) is 0 Å². The van der Waals surface area contributed by atoms with Crippen molar-refractivity contribution < 1.29 is 32.9 Å². The Kier molecular flexibility index (Phi) is 44.1. The summed E-state index contributed by atoms with van der Waals surface area (Å²) in [6.45, 7) is 4.54. The monoisotopic (exact) mass is 905 g/mol. The van der Waals surface area contributed by atoms with E-state index in [0.29, 0.717) is 23.9 Å². The Morgan fingerprint density at radius 3 is 1.41 bits per heavy atom. The zero-order chi connectivity index (χ0) is 46.4. The van der Waals surface area contributed by atoms with Gasteiger partial charge < -0.3 is 28.8 Å². The van der Waals surface area contributed by atoms with Crippen LogP contribution in [-0.4, -0.2) is 68.5 Å². The molecular formula is C54H101N2O6P. The average molecular weight is 905 g/mol. The number of quaternary nitrogens is 1. The van der Waals surface area contributed by atoms with Gasteiger partial charge in [-0.25, -0.2) is 0 Å². The minimum Gasteiger partial charge on any atom is -0.756 e. The average Bonchev–Trinajstić information content (AvgIpc) is 3.24. The van der Waals surface area contributed by atoms with Crippen LogP contribution in [0.1, 0.15) is 226 Å². The molecule has 2 N–H and O–H groups in total. The molecule has 3 atom stereocenters. The number of amides is 1. The zero-order valence-corrected chi connectivity index (χ0v) is 42.7. The maximum absolute atomic E-state index is 12.8. The number of aliphatic hydroxyl groups excluding tert-OH is 1. The SMILES string of the molecule is CC/C=C\C/C=C\C/C=C\C/C=C\C/C=C\CCCCCCCCCCCCCCCCCCCCCC(=O)NC(COP(=O)([O-])OCC[N+](C)(C)C)C(O)CCCCCCCC. The molecule has 0 aliphatic rings. The summed E-state index contributed by atoms with van der Waals surface area (Å²) in [7, 11) is 1.30. The lowest BCUT2D eigenvalue weighted by molar-refractivity contribution is -0.870. The molecule has 0 aliphatic carbocycles. The Bertz CT molecular complexity index is 1210. The van der Waals surface area contributed by atoms with Crippen molar-refractivity contribution in [2.24, 2.45) is 0 Å². The highest BCUT2D eigenvalue weighted by Crippen LogP contribution is 2.38. The van der Waals surface area contributed by atoms with Crippen molar-refractivity contribution in [3.8, 4) is 0 Å². The number of carbonyl (C=O) groups is 1. The fraction of sp³-hybridized carbons (Fsp3) is 0.796. The molecule has 0 bridgehead atoms. The molecule has 0 aromatic heterocycles. The number of hydrogen-bond donors (Lipinski definition) is 2. The van der Waals surface area contributed by atoms with Gasteiger partial charge in [-0.3, -0.25) is 9.36 Å². The molecule has 0 heterocycles. The molecule has 0 radical (unpaired) electrons. The van der Waals surface area contributed by atoms with E-state index in [1.54, 1.807) is 0 Å². The number of rotatable bonds is 47. The standard InChI is InChI=1S/C54H101N2O6P/c1-6-8-10-12-14-15-16-17-18-19-20-21-22-23-24-25-26-27-28-29-30-31-32-33-34-35-36-37-38-39-40-41-42-44-46-48-54(58)55-52(53(57)47-45-43-13-11-9-7-2)51-62-63(59,60)61-50-49-56(3,4)5/h8,10,14-15,17-18,20-21,23-24,52-53,57H,6-7,9,11-13,16,19,22,25-51H2,1-5H3,(H-,55,58,59,60)/b10-8-,15-14-,18-17-,21-20-,24-23-. The number of nitrogens with zero attached hydrogens (tertiary/aromatic N) is 1. The summed E-state index contributed by atoms with van der Waals surface area (Å²) < 4.78 is 23.2. The van der Waals surface area contributed by atoms with Gasteiger partial charge in [0.1, 0.15) is 13.2 Å². The first-order chi connectivity index (χ1) is 30.5. The van der Waals surface area contributed by atoms with Crippen LogP contribution in [0, 0.1) is 0 Å². The highest BCUT2D eigenvalue weighted by Gasteiger charge is 2.24. The predicted molar refractivity (Wildman–Crippen MR) is 270 cm³/mol. The smallest absolute Gasteiger partial charge is 0.268 e. The number of allylic oxidation sites excluding steroid dienone is 10. The number of nitrogens with one attached hydrogen (secondary N) is 1. The fourth-order valence-corrected chi connectivity index (χ4v) is 8.14. The fourth-order valence-electron chi connectivity index (χ4n) is 7.42. The number of aliphatic hydroxyl groups is 1. The number of carbonyl (C=O) groups excluding carboxylic acids is 1. The third-order valence-corrected chi connectivity index (χ3v) is 12.5. The van der Waals surface area contributed by atoms with Gasteiger partial charge in [-0.15, -0.1) is 0 Å². The molecule has 8 nitrogen and oxygen atoms in total. The summed E-state index contributed by atoms with van der Waals surface area (Å²) in [5.74, 6) is -0.170. The highest BCUT2D eigenvalue weighted by molar-refractivity contribution is 7.45. The first kappa shape index (κ1) is 61.2.